The van der Waals surface area contributed by atoms with E-state index in [-0.39, 0.29) is 18.2 Å². The second-order valence-corrected chi connectivity index (χ2v) is 7.34. The quantitative estimate of drug-likeness (QED) is 0.694. The van der Waals surface area contributed by atoms with Crippen molar-refractivity contribution >= 4 is 15.7 Å². The highest BCUT2D eigenvalue weighted by molar-refractivity contribution is 7.89. The Morgan fingerprint density at radius 1 is 1.45 bits per heavy atom. The monoisotopic (exact) mass is 304 g/mol. The molecule has 1 aromatic carbocycles. The maximum Gasteiger partial charge on any atom is 0.243 e. The summed E-state index contributed by atoms with van der Waals surface area (Å²) in [6.07, 6.45) is 0.430. The molecule has 5 nitrogen and oxygen atoms in total. The van der Waals surface area contributed by atoms with E-state index in [0.29, 0.717) is 6.42 Å². The van der Waals surface area contributed by atoms with E-state index >= 15 is 0 Å². The molecule has 0 heterocycles. The fourth-order valence-electron chi connectivity index (χ4n) is 2.01. The standard InChI is InChI=1S/C13H21FN2O3S/c1-9(2)7-13(3,17)8-16-20(18,19)12-5-4-10(15)6-11(12)14/h4-6,9,16-17H,7-8,15H2,1-3H3. The molecule has 0 fully saturated rings. The van der Waals surface area contributed by atoms with Gasteiger partial charge in [-0.15, -0.1) is 0 Å². The van der Waals surface area contributed by atoms with Gasteiger partial charge in [-0.1, -0.05) is 13.8 Å². The first kappa shape index (κ1) is 16.9. The van der Waals surface area contributed by atoms with Crippen molar-refractivity contribution in [3.63, 3.8) is 0 Å². The molecule has 114 valence electrons. The van der Waals surface area contributed by atoms with Crippen molar-refractivity contribution in [3.8, 4) is 0 Å². The Labute approximate surface area is 119 Å². The number of sulfonamides is 1. The van der Waals surface area contributed by atoms with Crippen molar-refractivity contribution in [1.29, 1.82) is 0 Å². The summed E-state index contributed by atoms with van der Waals surface area (Å²) in [6, 6.07) is 3.36. The SMILES string of the molecule is CC(C)CC(C)(O)CNS(=O)(=O)c1ccc(N)cc1F. The van der Waals surface area contributed by atoms with E-state index in [1.807, 2.05) is 13.8 Å². The highest BCUT2D eigenvalue weighted by Gasteiger charge is 2.26. The second kappa shape index (κ2) is 6.07. The molecule has 0 spiro atoms. The molecule has 0 bridgehead atoms. The molecule has 1 rings (SSSR count). The Morgan fingerprint density at radius 2 is 2.05 bits per heavy atom. The number of rotatable bonds is 6. The minimum Gasteiger partial charge on any atom is -0.399 e. The average Bonchev–Trinajstić information content (AvgIpc) is 2.24. The first-order valence-electron chi connectivity index (χ1n) is 6.30. The van der Waals surface area contributed by atoms with Crippen molar-refractivity contribution < 1.29 is 17.9 Å². The minimum absolute atomic E-state index is 0.147. The van der Waals surface area contributed by atoms with Crippen molar-refractivity contribution in [2.75, 3.05) is 12.3 Å². The van der Waals surface area contributed by atoms with Gasteiger partial charge in [0.1, 0.15) is 10.7 Å². The summed E-state index contributed by atoms with van der Waals surface area (Å²) in [6.45, 7) is 5.19. The van der Waals surface area contributed by atoms with Crippen molar-refractivity contribution in [1.82, 2.24) is 4.72 Å². The van der Waals surface area contributed by atoms with Crippen LogP contribution in [0.4, 0.5) is 10.1 Å². The molecule has 0 saturated heterocycles. The van der Waals surface area contributed by atoms with Gasteiger partial charge in [0, 0.05) is 12.2 Å². The van der Waals surface area contributed by atoms with Gasteiger partial charge < -0.3 is 10.8 Å². The Bertz CT molecular complexity index is 571. The molecule has 0 aliphatic rings. The Kier molecular flexibility index (Phi) is 5.12. The van der Waals surface area contributed by atoms with E-state index in [1.54, 1.807) is 0 Å². The van der Waals surface area contributed by atoms with Crippen LogP contribution in [-0.4, -0.2) is 25.7 Å². The van der Waals surface area contributed by atoms with E-state index < -0.39 is 26.3 Å². The highest BCUT2D eigenvalue weighted by atomic mass is 32.2. The third kappa shape index (κ3) is 4.73. The van der Waals surface area contributed by atoms with Crippen LogP contribution in [0.3, 0.4) is 0 Å². The number of hydrogen-bond acceptors (Lipinski definition) is 4. The molecular weight excluding hydrogens is 283 g/mol. The maximum atomic E-state index is 13.6. The molecule has 1 unspecified atom stereocenters. The predicted molar refractivity (Wildman–Crippen MR) is 76.1 cm³/mol. The zero-order valence-corrected chi connectivity index (χ0v) is 12.7. The zero-order chi connectivity index (χ0) is 15.6. The van der Waals surface area contributed by atoms with Gasteiger partial charge in [0.15, 0.2) is 0 Å². The number of nitrogens with one attached hydrogen (secondary N) is 1. The molecular formula is C13H21FN2O3S. The largest absolute Gasteiger partial charge is 0.399 e. The van der Waals surface area contributed by atoms with Gasteiger partial charge in [-0.05, 0) is 37.5 Å². The van der Waals surface area contributed by atoms with Crippen LogP contribution in [0.1, 0.15) is 27.2 Å². The van der Waals surface area contributed by atoms with Gasteiger partial charge in [-0.25, -0.2) is 17.5 Å². The molecule has 0 saturated carbocycles. The predicted octanol–water partition coefficient (Wildman–Crippen LogP) is 1.48. The van der Waals surface area contributed by atoms with Gasteiger partial charge in [0.05, 0.1) is 5.60 Å². The average molecular weight is 304 g/mol. The third-order valence-corrected chi connectivity index (χ3v) is 4.17. The zero-order valence-electron chi connectivity index (χ0n) is 11.9. The topological polar surface area (TPSA) is 92.4 Å². The smallest absolute Gasteiger partial charge is 0.243 e. The van der Waals surface area contributed by atoms with E-state index in [1.165, 1.54) is 13.0 Å². The van der Waals surface area contributed by atoms with Crippen LogP contribution in [0.5, 0.6) is 0 Å². The Balaban J connectivity index is 2.85. The lowest BCUT2D eigenvalue weighted by atomic mass is 9.95. The first-order valence-corrected chi connectivity index (χ1v) is 7.79. The van der Waals surface area contributed by atoms with Crippen LogP contribution in [0, 0.1) is 11.7 Å². The van der Waals surface area contributed by atoms with Crippen molar-refractivity contribution in [3.05, 3.63) is 24.0 Å². The molecule has 0 radical (unpaired) electrons. The maximum absolute atomic E-state index is 13.6. The van der Waals surface area contributed by atoms with Crippen LogP contribution in [0.15, 0.2) is 23.1 Å². The highest BCUT2D eigenvalue weighted by Crippen LogP contribution is 2.19. The summed E-state index contributed by atoms with van der Waals surface area (Å²) < 4.78 is 39.8. The fraction of sp³-hybridized carbons (Fsp3) is 0.538. The van der Waals surface area contributed by atoms with Crippen LogP contribution in [0.2, 0.25) is 0 Å². The van der Waals surface area contributed by atoms with Gasteiger partial charge in [0.25, 0.3) is 0 Å². The first-order chi connectivity index (χ1) is 9.03. The van der Waals surface area contributed by atoms with Crippen LogP contribution in [0.25, 0.3) is 0 Å². The molecule has 1 aromatic rings. The Morgan fingerprint density at radius 3 is 2.55 bits per heavy atom. The van der Waals surface area contributed by atoms with Gasteiger partial charge >= 0.3 is 0 Å². The number of benzene rings is 1. The number of anilines is 1. The number of nitrogen functional groups attached to an aromatic ring is 1. The summed E-state index contributed by atoms with van der Waals surface area (Å²) in [5.41, 5.74) is 4.33. The van der Waals surface area contributed by atoms with Crippen LogP contribution < -0.4 is 10.5 Å². The van der Waals surface area contributed by atoms with Gasteiger partial charge in [0.2, 0.25) is 10.0 Å². The van der Waals surface area contributed by atoms with E-state index in [4.69, 9.17) is 5.73 Å². The normalized spacial score (nSPS) is 15.3. The van der Waals surface area contributed by atoms with Gasteiger partial charge in [-0.2, -0.15) is 0 Å². The summed E-state index contributed by atoms with van der Waals surface area (Å²) in [4.78, 5) is -0.480. The lowest BCUT2D eigenvalue weighted by Gasteiger charge is -2.25. The number of aliphatic hydroxyl groups is 1. The van der Waals surface area contributed by atoms with Crippen molar-refractivity contribution in [2.24, 2.45) is 5.92 Å². The van der Waals surface area contributed by atoms with Gasteiger partial charge in [-0.3, -0.25) is 0 Å². The van der Waals surface area contributed by atoms with Crippen LogP contribution >= 0.6 is 0 Å². The fourth-order valence-corrected chi connectivity index (χ4v) is 3.23. The number of nitrogens with two attached hydrogens (primary N) is 1. The lowest BCUT2D eigenvalue weighted by Crippen LogP contribution is -2.41. The number of halogens is 1. The van der Waals surface area contributed by atoms with E-state index in [9.17, 15) is 17.9 Å². The molecule has 0 amide bonds. The molecule has 0 aromatic heterocycles. The van der Waals surface area contributed by atoms with E-state index in [2.05, 4.69) is 4.72 Å². The molecule has 0 aliphatic carbocycles. The second-order valence-electron chi connectivity index (χ2n) is 5.61. The minimum atomic E-state index is -4.02. The summed E-state index contributed by atoms with van der Waals surface area (Å²) >= 11 is 0. The molecule has 4 N–H and O–H groups in total. The Hall–Kier alpha value is -1.18. The molecule has 20 heavy (non-hydrogen) atoms. The number of hydrogen-bond donors (Lipinski definition) is 3. The molecule has 7 heteroatoms. The van der Waals surface area contributed by atoms with E-state index in [0.717, 1.165) is 12.1 Å². The van der Waals surface area contributed by atoms with Crippen LogP contribution in [-0.2, 0) is 10.0 Å². The summed E-state index contributed by atoms with van der Waals surface area (Å²) in [5, 5.41) is 10.1. The summed E-state index contributed by atoms with van der Waals surface area (Å²) in [7, 11) is -4.02. The lowest BCUT2D eigenvalue weighted by molar-refractivity contribution is 0.0436. The third-order valence-electron chi connectivity index (χ3n) is 2.74. The molecule has 0 aliphatic heterocycles. The van der Waals surface area contributed by atoms with Crippen molar-refractivity contribution in [2.45, 2.75) is 37.7 Å². The molecule has 1 atom stereocenters. The summed E-state index contributed by atoms with van der Waals surface area (Å²) in [5.74, 6) is -0.705.